The largest absolute Gasteiger partial charge is 0.467 e. The minimum Gasteiger partial charge on any atom is -0.467 e. The van der Waals surface area contributed by atoms with Crippen molar-refractivity contribution in [3.63, 3.8) is 0 Å². The second-order valence-electron chi connectivity index (χ2n) is 5.49. The van der Waals surface area contributed by atoms with Crippen molar-refractivity contribution < 1.29 is 14.0 Å². The molecular weight excluding hydrogens is 340 g/mol. The molecule has 2 aromatic heterocycles. The highest BCUT2D eigenvalue weighted by Crippen LogP contribution is 2.16. The highest BCUT2D eigenvalue weighted by atomic mass is 32.2. The van der Waals surface area contributed by atoms with Crippen molar-refractivity contribution in [2.75, 3.05) is 12.8 Å². The smallest absolute Gasteiger partial charge is 0.239 e. The van der Waals surface area contributed by atoms with E-state index in [2.05, 4.69) is 20.6 Å². The fourth-order valence-electron chi connectivity index (χ4n) is 2.33. The van der Waals surface area contributed by atoms with Crippen molar-refractivity contribution in [3.8, 4) is 0 Å². The Kier molecular flexibility index (Phi) is 7.00. The second-order valence-corrected chi connectivity index (χ2v) is 6.27. The summed E-state index contributed by atoms with van der Waals surface area (Å²) in [6.45, 7) is 4.09. The third-order valence-electron chi connectivity index (χ3n) is 3.67. The molecule has 0 saturated heterocycles. The van der Waals surface area contributed by atoms with Gasteiger partial charge in [0.15, 0.2) is 5.16 Å². The molecule has 8 heteroatoms. The molecule has 2 aromatic rings. The lowest BCUT2D eigenvalue weighted by atomic mass is 10.1. The summed E-state index contributed by atoms with van der Waals surface area (Å²) in [4.78, 5) is 32.5. The number of thioether (sulfide) groups is 1. The number of rotatable bonds is 8. The molecule has 2 N–H and O–H groups in total. The maximum absolute atomic E-state index is 11.9. The average Bonchev–Trinajstić information content (AvgIpc) is 3.10. The normalized spacial score (nSPS) is 10.5. The molecule has 0 radical (unpaired) electrons. The predicted molar refractivity (Wildman–Crippen MR) is 95.2 cm³/mol. The molecule has 134 valence electrons. The van der Waals surface area contributed by atoms with Gasteiger partial charge in [0, 0.05) is 17.8 Å². The molecular formula is C17H22N4O3S. The van der Waals surface area contributed by atoms with Crippen molar-refractivity contribution in [3.05, 3.63) is 41.1 Å². The molecule has 0 aliphatic carbocycles. The highest BCUT2D eigenvalue weighted by Gasteiger charge is 2.11. The molecule has 0 spiro atoms. The molecule has 2 rings (SSSR count). The van der Waals surface area contributed by atoms with Crippen LogP contribution in [-0.2, 0) is 22.6 Å². The standard InChI is InChI=1S/C17H22N4O3S/c1-11-14(12(2)21-17(20-11)25-3)6-7-15(22)19-10-16(23)18-9-13-5-4-8-24-13/h4-5,8H,6-7,9-10H2,1-3H3,(H,18,23)(H,19,22). The Hall–Kier alpha value is -2.35. The average molecular weight is 362 g/mol. The first-order valence-electron chi connectivity index (χ1n) is 7.93. The van der Waals surface area contributed by atoms with Gasteiger partial charge in [-0.25, -0.2) is 9.97 Å². The first-order chi connectivity index (χ1) is 12.0. The molecule has 0 atom stereocenters. The van der Waals surface area contributed by atoms with Gasteiger partial charge in [-0.1, -0.05) is 11.8 Å². The summed E-state index contributed by atoms with van der Waals surface area (Å²) >= 11 is 1.49. The minimum atomic E-state index is -0.259. The number of furan rings is 1. The molecule has 2 amide bonds. The quantitative estimate of drug-likeness (QED) is 0.549. The summed E-state index contributed by atoms with van der Waals surface area (Å²) in [5.74, 6) is 0.227. The van der Waals surface area contributed by atoms with E-state index in [4.69, 9.17) is 4.42 Å². The molecule has 0 saturated carbocycles. The van der Waals surface area contributed by atoms with E-state index in [1.54, 1.807) is 18.4 Å². The molecule has 0 aliphatic rings. The summed E-state index contributed by atoms with van der Waals surface area (Å²) < 4.78 is 5.12. The fraction of sp³-hybridized carbons (Fsp3) is 0.412. The maximum atomic E-state index is 11.9. The molecule has 0 aliphatic heterocycles. The third kappa shape index (κ3) is 5.90. The van der Waals surface area contributed by atoms with E-state index >= 15 is 0 Å². The summed E-state index contributed by atoms with van der Waals surface area (Å²) in [6.07, 6.45) is 4.31. The van der Waals surface area contributed by atoms with Crippen LogP contribution in [0.3, 0.4) is 0 Å². The Morgan fingerprint density at radius 3 is 2.48 bits per heavy atom. The Bertz CT molecular complexity index is 708. The number of carbonyl (C=O) groups is 2. The Morgan fingerprint density at radius 2 is 1.88 bits per heavy atom. The zero-order chi connectivity index (χ0) is 18.2. The van der Waals surface area contributed by atoms with E-state index in [1.165, 1.54) is 11.8 Å². The van der Waals surface area contributed by atoms with Gasteiger partial charge in [-0.2, -0.15) is 0 Å². The summed E-state index contributed by atoms with van der Waals surface area (Å²) in [5.41, 5.74) is 2.76. The van der Waals surface area contributed by atoms with E-state index in [1.807, 2.05) is 20.1 Å². The first-order valence-corrected chi connectivity index (χ1v) is 9.16. The number of aryl methyl sites for hydroxylation is 2. The molecule has 7 nitrogen and oxygen atoms in total. The number of amides is 2. The zero-order valence-electron chi connectivity index (χ0n) is 14.6. The van der Waals surface area contributed by atoms with Gasteiger partial charge >= 0.3 is 0 Å². The third-order valence-corrected chi connectivity index (χ3v) is 4.22. The summed E-state index contributed by atoms with van der Waals surface area (Å²) in [6, 6.07) is 3.52. The van der Waals surface area contributed by atoms with Gasteiger partial charge in [0.25, 0.3) is 0 Å². The first kappa shape index (κ1) is 19.0. The minimum absolute atomic E-state index is 0.0561. The number of aromatic nitrogens is 2. The van der Waals surface area contributed by atoms with Crippen LogP contribution in [0, 0.1) is 13.8 Å². The zero-order valence-corrected chi connectivity index (χ0v) is 15.4. The van der Waals surface area contributed by atoms with Crippen LogP contribution in [0.5, 0.6) is 0 Å². The highest BCUT2D eigenvalue weighted by molar-refractivity contribution is 7.98. The van der Waals surface area contributed by atoms with Gasteiger partial charge in [-0.15, -0.1) is 0 Å². The molecule has 0 bridgehead atoms. The number of nitrogens with zero attached hydrogens (tertiary/aromatic N) is 2. The lowest BCUT2D eigenvalue weighted by Crippen LogP contribution is -2.36. The monoisotopic (exact) mass is 362 g/mol. The van der Waals surface area contributed by atoms with Crippen molar-refractivity contribution >= 4 is 23.6 Å². The van der Waals surface area contributed by atoms with Crippen molar-refractivity contribution in [2.45, 2.75) is 38.4 Å². The van der Waals surface area contributed by atoms with Gasteiger partial charge in [0.2, 0.25) is 11.8 Å². The van der Waals surface area contributed by atoms with Crippen LogP contribution in [-0.4, -0.2) is 34.6 Å². The molecule has 2 heterocycles. The van der Waals surface area contributed by atoms with Crippen LogP contribution in [0.4, 0.5) is 0 Å². The van der Waals surface area contributed by atoms with Crippen LogP contribution < -0.4 is 10.6 Å². The van der Waals surface area contributed by atoms with Crippen LogP contribution in [0.25, 0.3) is 0 Å². The molecule has 0 aromatic carbocycles. The number of hydrogen-bond acceptors (Lipinski definition) is 6. The van der Waals surface area contributed by atoms with Crippen molar-refractivity contribution in [1.82, 2.24) is 20.6 Å². The van der Waals surface area contributed by atoms with E-state index in [9.17, 15) is 9.59 Å². The number of carbonyl (C=O) groups excluding carboxylic acids is 2. The summed E-state index contributed by atoms with van der Waals surface area (Å²) in [7, 11) is 0. The Balaban J connectivity index is 1.74. The van der Waals surface area contributed by atoms with E-state index in [0.29, 0.717) is 18.7 Å². The lowest BCUT2D eigenvalue weighted by molar-refractivity contribution is -0.126. The Morgan fingerprint density at radius 1 is 1.16 bits per heavy atom. The fourth-order valence-corrected chi connectivity index (χ4v) is 2.79. The van der Waals surface area contributed by atoms with Crippen LogP contribution in [0.15, 0.2) is 28.0 Å². The van der Waals surface area contributed by atoms with Crippen molar-refractivity contribution in [2.24, 2.45) is 0 Å². The van der Waals surface area contributed by atoms with Crippen LogP contribution >= 0.6 is 11.8 Å². The topological polar surface area (TPSA) is 97.1 Å². The summed E-state index contributed by atoms with van der Waals surface area (Å²) in [5, 5.41) is 6.03. The van der Waals surface area contributed by atoms with Crippen LogP contribution in [0.1, 0.15) is 29.1 Å². The SMILES string of the molecule is CSc1nc(C)c(CCC(=O)NCC(=O)NCc2ccco2)c(C)n1. The van der Waals surface area contributed by atoms with Gasteiger partial charge in [-0.05, 0) is 44.2 Å². The van der Waals surface area contributed by atoms with E-state index in [0.717, 1.165) is 22.1 Å². The van der Waals surface area contributed by atoms with Crippen LogP contribution in [0.2, 0.25) is 0 Å². The van der Waals surface area contributed by atoms with E-state index < -0.39 is 0 Å². The Labute approximate surface area is 151 Å². The molecule has 25 heavy (non-hydrogen) atoms. The number of nitrogens with one attached hydrogen (secondary N) is 2. The maximum Gasteiger partial charge on any atom is 0.239 e. The van der Waals surface area contributed by atoms with Gasteiger partial charge < -0.3 is 15.1 Å². The van der Waals surface area contributed by atoms with Gasteiger partial charge in [0.05, 0.1) is 19.4 Å². The van der Waals surface area contributed by atoms with Gasteiger partial charge in [0.1, 0.15) is 5.76 Å². The second kappa shape index (κ2) is 9.22. The van der Waals surface area contributed by atoms with Crippen molar-refractivity contribution in [1.29, 1.82) is 0 Å². The van der Waals surface area contributed by atoms with Gasteiger partial charge in [-0.3, -0.25) is 9.59 Å². The number of hydrogen-bond donors (Lipinski definition) is 2. The molecule has 0 fully saturated rings. The van der Waals surface area contributed by atoms with E-state index in [-0.39, 0.29) is 24.8 Å². The lowest BCUT2D eigenvalue weighted by Gasteiger charge is -2.10. The predicted octanol–water partition coefficient (Wildman–Crippen LogP) is 1.77. The molecule has 0 unspecified atom stereocenters.